The minimum atomic E-state index is 0.0337. The van der Waals surface area contributed by atoms with E-state index in [9.17, 15) is 4.79 Å². The van der Waals surface area contributed by atoms with E-state index < -0.39 is 0 Å². The van der Waals surface area contributed by atoms with E-state index in [0.717, 1.165) is 18.4 Å². The van der Waals surface area contributed by atoms with Gasteiger partial charge in [-0.05, 0) is 45.2 Å². The molecule has 0 unspecified atom stereocenters. The molecule has 1 aromatic heterocycles. The average Bonchev–Trinajstić information content (AvgIpc) is 2.39. The maximum Gasteiger partial charge on any atom is 0.224 e. The fourth-order valence-electron chi connectivity index (χ4n) is 1.78. The summed E-state index contributed by atoms with van der Waals surface area (Å²) in [7, 11) is 0. The van der Waals surface area contributed by atoms with Crippen LogP contribution in [0, 0.1) is 0 Å². The summed E-state index contributed by atoms with van der Waals surface area (Å²) in [4.78, 5) is 15.7. The Morgan fingerprint density at radius 3 is 2.75 bits per heavy atom. The Labute approximate surface area is 121 Å². The van der Waals surface area contributed by atoms with E-state index >= 15 is 0 Å². The Balaban J connectivity index is 2.25. The van der Waals surface area contributed by atoms with Gasteiger partial charge in [0.15, 0.2) is 0 Å². The third kappa shape index (κ3) is 7.52. The molecule has 0 atom stereocenters. The fraction of sp³-hybridized carbons (Fsp3) is 0.412. The predicted molar refractivity (Wildman–Crippen MR) is 83.4 cm³/mol. The van der Waals surface area contributed by atoms with Gasteiger partial charge in [-0.1, -0.05) is 29.4 Å². The summed E-state index contributed by atoms with van der Waals surface area (Å²) in [6, 6.07) is 3.75. The number of pyridine rings is 1. The van der Waals surface area contributed by atoms with Crippen molar-refractivity contribution >= 4 is 5.91 Å². The molecular formula is C17H24N2O. The minimum Gasteiger partial charge on any atom is -0.352 e. The van der Waals surface area contributed by atoms with Crippen molar-refractivity contribution in [1.29, 1.82) is 0 Å². The number of carbonyl (C=O) groups excluding carboxylic acids is 1. The molecule has 1 amide bonds. The van der Waals surface area contributed by atoms with Crippen molar-refractivity contribution in [2.45, 2.75) is 40.0 Å². The van der Waals surface area contributed by atoms with Gasteiger partial charge in [0.1, 0.15) is 0 Å². The van der Waals surface area contributed by atoms with E-state index in [1.54, 1.807) is 12.4 Å². The zero-order valence-corrected chi connectivity index (χ0v) is 12.6. The fourth-order valence-corrected chi connectivity index (χ4v) is 1.78. The highest BCUT2D eigenvalue weighted by atomic mass is 16.1. The minimum absolute atomic E-state index is 0.0337. The topological polar surface area (TPSA) is 42.0 Å². The van der Waals surface area contributed by atoms with Crippen LogP contribution in [0.4, 0.5) is 0 Å². The van der Waals surface area contributed by atoms with Gasteiger partial charge in [-0.3, -0.25) is 9.78 Å². The lowest BCUT2D eigenvalue weighted by Gasteiger charge is -2.03. The molecule has 0 fully saturated rings. The van der Waals surface area contributed by atoms with Crippen LogP contribution < -0.4 is 5.32 Å². The standard InChI is InChI=1S/C17H24N2O/c1-14(2)6-4-7-15(3)9-11-19-17(20)12-16-8-5-10-18-13-16/h5-6,8-10,13H,4,7,11-12H2,1-3H3,(H,19,20)/b15-9+. The molecule has 0 aliphatic heterocycles. The molecule has 3 nitrogen and oxygen atoms in total. The molecule has 0 aliphatic carbocycles. The SMILES string of the molecule is CC(C)=CCC/C(C)=C/CNC(=O)Cc1cccnc1. The highest BCUT2D eigenvalue weighted by Crippen LogP contribution is 2.05. The lowest BCUT2D eigenvalue weighted by Crippen LogP contribution is -2.25. The number of hydrogen-bond donors (Lipinski definition) is 1. The Morgan fingerprint density at radius 2 is 2.10 bits per heavy atom. The number of carbonyl (C=O) groups is 1. The molecule has 0 radical (unpaired) electrons. The maximum atomic E-state index is 11.7. The van der Waals surface area contributed by atoms with Crippen LogP contribution in [0.2, 0.25) is 0 Å². The molecule has 1 aromatic rings. The first-order chi connectivity index (χ1) is 9.58. The molecule has 0 aliphatic rings. The van der Waals surface area contributed by atoms with Gasteiger partial charge in [-0.25, -0.2) is 0 Å². The summed E-state index contributed by atoms with van der Waals surface area (Å²) >= 11 is 0. The van der Waals surface area contributed by atoms with Crippen LogP contribution in [0.5, 0.6) is 0 Å². The first-order valence-corrected chi connectivity index (χ1v) is 7.02. The molecule has 108 valence electrons. The Morgan fingerprint density at radius 1 is 1.30 bits per heavy atom. The largest absolute Gasteiger partial charge is 0.352 e. The molecule has 0 bridgehead atoms. The van der Waals surface area contributed by atoms with Crippen LogP contribution >= 0.6 is 0 Å². The Kier molecular flexibility index (Phi) is 7.33. The summed E-state index contributed by atoms with van der Waals surface area (Å²) < 4.78 is 0. The molecule has 20 heavy (non-hydrogen) atoms. The van der Waals surface area contributed by atoms with Crippen LogP contribution in [0.25, 0.3) is 0 Å². The number of rotatable bonds is 7. The van der Waals surface area contributed by atoms with Gasteiger partial charge in [0.2, 0.25) is 5.91 Å². The highest BCUT2D eigenvalue weighted by molar-refractivity contribution is 5.78. The number of amides is 1. The number of nitrogens with one attached hydrogen (secondary N) is 1. The van der Waals surface area contributed by atoms with Gasteiger partial charge in [-0.2, -0.15) is 0 Å². The van der Waals surface area contributed by atoms with Gasteiger partial charge in [-0.15, -0.1) is 0 Å². The summed E-state index contributed by atoms with van der Waals surface area (Å²) in [5.41, 5.74) is 3.60. The third-order valence-electron chi connectivity index (χ3n) is 2.93. The van der Waals surface area contributed by atoms with Crippen LogP contribution in [0.3, 0.4) is 0 Å². The van der Waals surface area contributed by atoms with E-state index in [1.807, 2.05) is 12.1 Å². The normalized spacial score (nSPS) is 11.1. The van der Waals surface area contributed by atoms with E-state index in [-0.39, 0.29) is 5.91 Å². The zero-order chi connectivity index (χ0) is 14.8. The summed E-state index contributed by atoms with van der Waals surface area (Å²) in [5, 5.41) is 2.90. The predicted octanol–water partition coefficient (Wildman–Crippen LogP) is 3.43. The van der Waals surface area contributed by atoms with Crippen molar-refractivity contribution in [2.24, 2.45) is 0 Å². The molecule has 0 saturated carbocycles. The molecule has 3 heteroatoms. The van der Waals surface area contributed by atoms with Gasteiger partial charge in [0.05, 0.1) is 6.42 Å². The molecule has 0 aromatic carbocycles. The van der Waals surface area contributed by atoms with Crippen molar-refractivity contribution in [3.63, 3.8) is 0 Å². The molecule has 1 heterocycles. The highest BCUT2D eigenvalue weighted by Gasteiger charge is 2.01. The summed E-state index contributed by atoms with van der Waals surface area (Å²) in [6.45, 7) is 6.92. The third-order valence-corrected chi connectivity index (χ3v) is 2.93. The van der Waals surface area contributed by atoms with Crippen molar-refractivity contribution in [3.05, 3.63) is 53.4 Å². The first kappa shape index (κ1) is 16.2. The van der Waals surface area contributed by atoms with Gasteiger partial charge < -0.3 is 5.32 Å². The lowest BCUT2D eigenvalue weighted by molar-refractivity contribution is -0.120. The molecule has 0 spiro atoms. The smallest absolute Gasteiger partial charge is 0.224 e. The second-order valence-corrected chi connectivity index (χ2v) is 5.21. The molecular weight excluding hydrogens is 248 g/mol. The molecule has 1 N–H and O–H groups in total. The van der Waals surface area contributed by atoms with E-state index in [1.165, 1.54) is 11.1 Å². The molecule has 1 rings (SSSR count). The van der Waals surface area contributed by atoms with Gasteiger partial charge in [0.25, 0.3) is 0 Å². The maximum absolute atomic E-state index is 11.7. The van der Waals surface area contributed by atoms with Crippen molar-refractivity contribution < 1.29 is 4.79 Å². The second kappa shape index (κ2) is 9.08. The van der Waals surface area contributed by atoms with Crippen LogP contribution in [-0.4, -0.2) is 17.4 Å². The quantitative estimate of drug-likeness (QED) is 0.773. The van der Waals surface area contributed by atoms with Crippen LogP contribution in [0.15, 0.2) is 47.8 Å². The van der Waals surface area contributed by atoms with Crippen molar-refractivity contribution in [1.82, 2.24) is 10.3 Å². The molecule has 0 saturated heterocycles. The van der Waals surface area contributed by atoms with E-state index in [4.69, 9.17) is 0 Å². The number of nitrogens with zero attached hydrogens (tertiary/aromatic N) is 1. The number of aromatic nitrogens is 1. The summed E-state index contributed by atoms with van der Waals surface area (Å²) in [6.07, 6.45) is 10.2. The van der Waals surface area contributed by atoms with E-state index in [0.29, 0.717) is 13.0 Å². The lowest BCUT2D eigenvalue weighted by atomic mass is 10.1. The van der Waals surface area contributed by atoms with Crippen LogP contribution in [0.1, 0.15) is 39.2 Å². The van der Waals surface area contributed by atoms with Crippen molar-refractivity contribution in [3.8, 4) is 0 Å². The second-order valence-electron chi connectivity index (χ2n) is 5.21. The monoisotopic (exact) mass is 272 g/mol. The Hall–Kier alpha value is -1.90. The van der Waals surface area contributed by atoms with Gasteiger partial charge >= 0.3 is 0 Å². The van der Waals surface area contributed by atoms with Crippen molar-refractivity contribution in [2.75, 3.05) is 6.54 Å². The Bertz CT molecular complexity index is 471. The number of allylic oxidation sites excluding steroid dienone is 3. The number of hydrogen-bond acceptors (Lipinski definition) is 2. The van der Waals surface area contributed by atoms with Gasteiger partial charge in [0, 0.05) is 18.9 Å². The average molecular weight is 272 g/mol. The van der Waals surface area contributed by atoms with Crippen LogP contribution in [-0.2, 0) is 11.2 Å². The van der Waals surface area contributed by atoms with E-state index in [2.05, 4.69) is 43.2 Å². The zero-order valence-electron chi connectivity index (χ0n) is 12.6. The summed E-state index contributed by atoms with van der Waals surface area (Å²) in [5.74, 6) is 0.0337. The first-order valence-electron chi connectivity index (χ1n) is 7.02.